The van der Waals surface area contributed by atoms with Crippen LogP contribution in [0.25, 0.3) is 0 Å². The maximum absolute atomic E-state index is 14.7. The molecule has 0 heterocycles. The number of esters is 1. The van der Waals surface area contributed by atoms with Crippen molar-refractivity contribution in [2.75, 3.05) is 0 Å². The second-order valence-electron chi connectivity index (χ2n) is 13.9. The van der Waals surface area contributed by atoms with E-state index in [2.05, 4.69) is 0 Å². The molecule has 4 bridgehead atoms. The lowest BCUT2D eigenvalue weighted by Crippen LogP contribution is -2.73. The summed E-state index contributed by atoms with van der Waals surface area (Å²) in [6.07, 6.45) is -20.2. The summed E-state index contributed by atoms with van der Waals surface area (Å²) >= 11 is 0. The molecule has 0 radical (unpaired) electrons. The lowest BCUT2D eigenvalue weighted by atomic mass is 9.43. The standard InChI is InChI=1S/C25H35F9O3/c1-17(2,3)12-21(18(4,5)6,23(26,27)28)16(35)37-20-10-14-7-15(11-20)9-19(8-14,13-20)22(36,24(29,30)31)25(32,33)34/h14-15,36H,7-13H2,1-6H3. The van der Waals surface area contributed by atoms with Crippen LogP contribution in [0.15, 0.2) is 0 Å². The zero-order valence-electron chi connectivity index (χ0n) is 21.8. The van der Waals surface area contributed by atoms with Gasteiger partial charge in [-0.3, -0.25) is 4.79 Å². The Morgan fingerprint density at radius 3 is 1.54 bits per heavy atom. The maximum atomic E-state index is 14.7. The average Bonchev–Trinajstić information content (AvgIpc) is 2.59. The minimum atomic E-state index is -6.09. The molecule has 12 heteroatoms. The zero-order chi connectivity index (χ0) is 28.9. The summed E-state index contributed by atoms with van der Waals surface area (Å²) in [6.45, 7) is 8.12. The number of halogens is 9. The van der Waals surface area contributed by atoms with Gasteiger partial charge in [-0.2, -0.15) is 39.5 Å². The highest BCUT2D eigenvalue weighted by Crippen LogP contribution is 2.71. The molecule has 0 aliphatic heterocycles. The van der Waals surface area contributed by atoms with E-state index in [4.69, 9.17) is 4.74 Å². The SMILES string of the molecule is CC(C)(C)CC(C(=O)OC12CC3CC(C1)CC(C(O)(C(F)(F)F)C(F)(F)F)(C3)C2)(C(C)(C)C)C(F)(F)F. The fourth-order valence-corrected chi connectivity index (χ4v) is 7.85. The van der Waals surface area contributed by atoms with Crippen LogP contribution in [0.2, 0.25) is 0 Å². The number of carbonyl (C=O) groups is 1. The third-order valence-electron chi connectivity index (χ3n) is 8.81. The van der Waals surface area contributed by atoms with Gasteiger partial charge in [0.1, 0.15) is 5.60 Å². The van der Waals surface area contributed by atoms with Crippen LogP contribution in [-0.4, -0.2) is 40.8 Å². The van der Waals surface area contributed by atoms with Gasteiger partial charge in [-0.05, 0) is 67.6 Å². The van der Waals surface area contributed by atoms with E-state index in [0.717, 1.165) is 0 Å². The van der Waals surface area contributed by atoms with E-state index >= 15 is 0 Å². The van der Waals surface area contributed by atoms with Crippen LogP contribution >= 0.6 is 0 Å². The van der Waals surface area contributed by atoms with Gasteiger partial charge >= 0.3 is 24.5 Å². The van der Waals surface area contributed by atoms with Gasteiger partial charge in [0.05, 0.1) is 0 Å². The first-order chi connectivity index (χ1) is 16.2. The number of hydrogen-bond donors (Lipinski definition) is 1. The molecule has 3 atom stereocenters. The predicted molar refractivity (Wildman–Crippen MR) is 115 cm³/mol. The van der Waals surface area contributed by atoms with Crippen LogP contribution in [0.5, 0.6) is 0 Å². The maximum Gasteiger partial charge on any atom is 0.426 e. The fraction of sp³-hybridized carbons (Fsp3) is 0.960. The van der Waals surface area contributed by atoms with Crippen LogP contribution in [0.3, 0.4) is 0 Å². The first kappa shape index (κ1) is 30.3. The topological polar surface area (TPSA) is 46.5 Å². The molecule has 0 spiro atoms. The number of carbonyl (C=O) groups excluding carboxylic acids is 1. The molecule has 3 nitrogen and oxygen atoms in total. The molecule has 0 aromatic rings. The Morgan fingerprint density at radius 1 is 0.784 bits per heavy atom. The molecule has 4 aliphatic rings. The highest BCUT2D eigenvalue weighted by molar-refractivity contribution is 5.79. The van der Waals surface area contributed by atoms with Crippen molar-refractivity contribution in [3.05, 3.63) is 0 Å². The molecule has 4 saturated carbocycles. The van der Waals surface area contributed by atoms with E-state index in [1.54, 1.807) is 0 Å². The minimum Gasteiger partial charge on any atom is -0.458 e. The molecule has 3 unspecified atom stereocenters. The zero-order valence-corrected chi connectivity index (χ0v) is 21.8. The number of alkyl halides is 9. The molecule has 4 aliphatic carbocycles. The highest BCUT2D eigenvalue weighted by Gasteiger charge is 2.82. The van der Waals surface area contributed by atoms with Gasteiger partial charge in [-0.15, -0.1) is 0 Å². The molecular weight excluding hydrogens is 519 g/mol. The van der Waals surface area contributed by atoms with Crippen molar-refractivity contribution in [1.29, 1.82) is 0 Å². The van der Waals surface area contributed by atoms with Gasteiger partial charge < -0.3 is 9.84 Å². The van der Waals surface area contributed by atoms with Gasteiger partial charge in [0, 0.05) is 5.41 Å². The van der Waals surface area contributed by atoms with E-state index < -0.39 is 94.9 Å². The molecule has 4 rings (SSSR count). The van der Waals surface area contributed by atoms with E-state index in [9.17, 15) is 49.4 Å². The lowest BCUT2D eigenvalue weighted by molar-refractivity contribution is -0.422. The highest BCUT2D eigenvalue weighted by atomic mass is 19.4. The van der Waals surface area contributed by atoms with Crippen LogP contribution < -0.4 is 0 Å². The number of hydrogen-bond acceptors (Lipinski definition) is 3. The smallest absolute Gasteiger partial charge is 0.426 e. The van der Waals surface area contributed by atoms with Crippen molar-refractivity contribution in [2.24, 2.45) is 33.5 Å². The molecule has 0 saturated heterocycles. The third-order valence-corrected chi connectivity index (χ3v) is 8.81. The summed E-state index contributed by atoms with van der Waals surface area (Å²) in [7, 11) is 0. The van der Waals surface area contributed by atoms with Crippen molar-refractivity contribution in [3.63, 3.8) is 0 Å². The summed E-state index contributed by atoms with van der Waals surface area (Å²) in [5.41, 5.74) is -15.7. The first-order valence-electron chi connectivity index (χ1n) is 12.3. The Balaban J connectivity index is 2.13. The number of rotatable bonds is 4. The van der Waals surface area contributed by atoms with E-state index in [1.807, 2.05) is 0 Å². The molecule has 0 aromatic carbocycles. The molecule has 0 aromatic heterocycles. The molecule has 216 valence electrons. The Hall–Kier alpha value is -1.20. The lowest BCUT2D eigenvalue weighted by Gasteiger charge is -2.65. The van der Waals surface area contributed by atoms with Crippen molar-refractivity contribution >= 4 is 5.97 Å². The molecule has 4 fully saturated rings. The summed E-state index contributed by atoms with van der Waals surface area (Å²) < 4.78 is 134. The second kappa shape index (κ2) is 8.16. The molecule has 1 N–H and O–H groups in total. The fourth-order valence-electron chi connectivity index (χ4n) is 7.85. The minimum absolute atomic E-state index is 0.142. The monoisotopic (exact) mass is 554 g/mol. The molecular formula is C25H35F9O3. The molecule has 37 heavy (non-hydrogen) atoms. The second-order valence-corrected chi connectivity index (χ2v) is 13.9. The average molecular weight is 555 g/mol. The first-order valence-corrected chi connectivity index (χ1v) is 12.3. The Kier molecular flexibility index (Phi) is 6.69. The largest absolute Gasteiger partial charge is 0.458 e. The van der Waals surface area contributed by atoms with Crippen LogP contribution in [0, 0.1) is 33.5 Å². The van der Waals surface area contributed by atoms with Gasteiger partial charge in [-0.1, -0.05) is 41.5 Å². The van der Waals surface area contributed by atoms with Gasteiger partial charge in [-0.25, -0.2) is 0 Å². The van der Waals surface area contributed by atoms with Gasteiger partial charge in [0.15, 0.2) is 5.41 Å². The van der Waals surface area contributed by atoms with Crippen molar-refractivity contribution in [3.8, 4) is 0 Å². The van der Waals surface area contributed by atoms with Crippen molar-refractivity contribution < 1.29 is 54.2 Å². The summed E-state index contributed by atoms with van der Waals surface area (Å²) in [4.78, 5) is 13.6. The summed E-state index contributed by atoms with van der Waals surface area (Å²) in [5, 5.41) is 10.4. The van der Waals surface area contributed by atoms with Gasteiger partial charge in [0.25, 0.3) is 5.60 Å². The normalized spacial score (nSPS) is 32.9. The van der Waals surface area contributed by atoms with E-state index in [-0.39, 0.29) is 19.3 Å². The van der Waals surface area contributed by atoms with E-state index in [0.29, 0.717) is 0 Å². The van der Waals surface area contributed by atoms with Crippen LogP contribution in [0.1, 0.15) is 86.5 Å². The van der Waals surface area contributed by atoms with Gasteiger partial charge in [0.2, 0.25) is 0 Å². The molecule has 0 amide bonds. The van der Waals surface area contributed by atoms with E-state index in [1.165, 1.54) is 41.5 Å². The summed E-state index contributed by atoms with van der Waals surface area (Å²) in [5.74, 6) is -3.22. The predicted octanol–water partition coefficient (Wildman–Crippen LogP) is 7.76. The van der Waals surface area contributed by atoms with Crippen LogP contribution in [-0.2, 0) is 9.53 Å². The number of aliphatic hydroxyl groups is 1. The van der Waals surface area contributed by atoms with Crippen molar-refractivity contribution in [1.82, 2.24) is 0 Å². The summed E-state index contributed by atoms with van der Waals surface area (Å²) in [6, 6.07) is 0. The van der Waals surface area contributed by atoms with Crippen molar-refractivity contribution in [2.45, 2.75) is 116 Å². The van der Waals surface area contributed by atoms with Crippen LogP contribution in [0.4, 0.5) is 39.5 Å². The third kappa shape index (κ3) is 4.54. The quantitative estimate of drug-likeness (QED) is 0.286. The Morgan fingerprint density at radius 2 is 1.22 bits per heavy atom. The number of ether oxygens (including phenoxy) is 1. The Bertz CT molecular complexity index is 861. The Labute approximate surface area is 210 Å².